The van der Waals surface area contributed by atoms with Gasteiger partial charge < -0.3 is 10.2 Å². The zero-order chi connectivity index (χ0) is 17.7. The standard InChI is InChI=1S/C18H23BrN4O/c1-5-6-9-23(4)18(24)16-11-17(21-13(3)20-16)22-15-8-7-12(2)10-14(15)19/h7-8,10-11H,5-6,9H2,1-4H3,(H,20,21,22). The van der Waals surface area contributed by atoms with Crippen molar-refractivity contribution in [1.82, 2.24) is 14.9 Å². The summed E-state index contributed by atoms with van der Waals surface area (Å²) in [7, 11) is 1.80. The lowest BCUT2D eigenvalue weighted by Crippen LogP contribution is -2.28. The van der Waals surface area contributed by atoms with Crippen molar-refractivity contribution in [3.8, 4) is 0 Å². The maximum atomic E-state index is 12.5. The molecule has 2 aromatic rings. The van der Waals surface area contributed by atoms with Crippen LogP contribution in [0.15, 0.2) is 28.7 Å². The number of nitrogens with one attached hydrogen (secondary N) is 1. The molecule has 6 heteroatoms. The molecule has 0 spiro atoms. The van der Waals surface area contributed by atoms with Crippen LogP contribution >= 0.6 is 15.9 Å². The van der Waals surface area contributed by atoms with Crippen LogP contribution in [-0.4, -0.2) is 34.4 Å². The van der Waals surface area contributed by atoms with E-state index in [0.29, 0.717) is 17.3 Å². The number of hydrogen-bond acceptors (Lipinski definition) is 4. The zero-order valence-corrected chi connectivity index (χ0v) is 16.1. The van der Waals surface area contributed by atoms with Crippen LogP contribution in [0.2, 0.25) is 0 Å². The van der Waals surface area contributed by atoms with Crippen molar-refractivity contribution < 1.29 is 4.79 Å². The summed E-state index contributed by atoms with van der Waals surface area (Å²) in [6.07, 6.45) is 2.03. The molecule has 0 saturated heterocycles. The first-order chi connectivity index (χ1) is 11.4. The van der Waals surface area contributed by atoms with E-state index >= 15 is 0 Å². The highest BCUT2D eigenvalue weighted by Crippen LogP contribution is 2.26. The van der Waals surface area contributed by atoms with E-state index in [4.69, 9.17) is 0 Å². The number of amides is 1. The van der Waals surface area contributed by atoms with E-state index in [1.165, 1.54) is 5.56 Å². The Kier molecular flexibility index (Phi) is 6.31. The number of aromatic nitrogens is 2. The maximum absolute atomic E-state index is 12.5. The normalized spacial score (nSPS) is 10.5. The molecular weight excluding hydrogens is 368 g/mol. The van der Waals surface area contributed by atoms with Crippen molar-refractivity contribution >= 4 is 33.3 Å². The van der Waals surface area contributed by atoms with Crippen molar-refractivity contribution in [2.24, 2.45) is 0 Å². The summed E-state index contributed by atoms with van der Waals surface area (Å²) in [5.74, 6) is 1.09. The summed E-state index contributed by atoms with van der Waals surface area (Å²) < 4.78 is 0.951. The quantitative estimate of drug-likeness (QED) is 0.789. The van der Waals surface area contributed by atoms with E-state index in [-0.39, 0.29) is 5.91 Å². The first-order valence-corrected chi connectivity index (χ1v) is 8.84. The highest BCUT2D eigenvalue weighted by Gasteiger charge is 2.15. The van der Waals surface area contributed by atoms with Gasteiger partial charge in [0.25, 0.3) is 5.91 Å². The van der Waals surface area contributed by atoms with Crippen LogP contribution in [0.5, 0.6) is 0 Å². The Bertz CT molecular complexity index is 733. The monoisotopic (exact) mass is 390 g/mol. The molecule has 1 N–H and O–H groups in total. The van der Waals surface area contributed by atoms with E-state index in [1.54, 1.807) is 24.9 Å². The second kappa shape index (κ2) is 8.24. The van der Waals surface area contributed by atoms with Gasteiger partial charge in [-0.15, -0.1) is 0 Å². The molecule has 0 fully saturated rings. The van der Waals surface area contributed by atoms with Gasteiger partial charge in [-0.2, -0.15) is 0 Å². The van der Waals surface area contributed by atoms with Crippen molar-refractivity contribution in [1.29, 1.82) is 0 Å². The molecule has 0 unspecified atom stereocenters. The number of aryl methyl sites for hydroxylation is 2. The fraction of sp³-hybridized carbons (Fsp3) is 0.389. The number of halogens is 1. The van der Waals surface area contributed by atoms with Crippen molar-refractivity contribution in [2.75, 3.05) is 18.9 Å². The molecule has 128 valence electrons. The number of rotatable bonds is 6. The van der Waals surface area contributed by atoms with Crippen LogP contribution < -0.4 is 5.32 Å². The predicted molar refractivity (Wildman–Crippen MR) is 101 cm³/mol. The average molecular weight is 391 g/mol. The molecule has 2 rings (SSSR count). The van der Waals surface area contributed by atoms with Gasteiger partial charge in [-0.25, -0.2) is 9.97 Å². The molecule has 5 nitrogen and oxygen atoms in total. The largest absolute Gasteiger partial charge is 0.340 e. The van der Waals surface area contributed by atoms with Gasteiger partial charge in [0.1, 0.15) is 17.3 Å². The van der Waals surface area contributed by atoms with E-state index < -0.39 is 0 Å². The summed E-state index contributed by atoms with van der Waals surface area (Å²) in [6.45, 7) is 6.66. The van der Waals surface area contributed by atoms with Crippen LogP contribution in [0.1, 0.15) is 41.6 Å². The number of unbranched alkanes of at least 4 members (excludes halogenated alkanes) is 1. The van der Waals surface area contributed by atoms with Crippen molar-refractivity contribution in [2.45, 2.75) is 33.6 Å². The topological polar surface area (TPSA) is 58.1 Å². The lowest BCUT2D eigenvalue weighted by Gasteiger charge is -2.17. The molecule has 0 aliphatic rings. The third kappa shape index (κ3) is 4.77. The zero-order valence-electron chi connectivity index (χ0n) is 14.6. The fourth-order valence-electron chi connectivity index (χ4n) is 2.29. The highest BCUT2D eigenvalue weighted by atomic mass is 79.9. The minimum Gasteiger partial charge on any atom is -0.340 e. The SMILES string of the molecule is CCCCN(C)C(=O)c1cc(Nc2ccc(C)cc2Br)nc(C)n1. The third-order valence-electron chi connectivity index (χ3n) is 3.64. The predicted octanol–water partition coefficient (Wildman–Crippen LogP) is 4.47. The Labute approximate surface area is 151 Å². The number of nitrogens with zero attached hydrogens (tertiary/aromatic N) is 3. The Hall–Kier alpha value is -1.95. The van der Waals surface area contributed by atoms with Crippen LogP contribution in [0.25, 0.3) is 0 Å². The van der Waals surface area contributed by atoms with Gasteiger partial charge in [0, 0.05) is 24.1 Å². The molecule has 0 radical (unpaired) electrons. The van der Waals surface area contributed by atoms with E-state index in [2.05, 4.69) is 38.1 Å². The molecular formula is C18H23BrN4O. The van der Waals surface area contributed by atoms with E-state index in [0.717, 1.165) is 29.5 Å². The van der Waals surface area contributed by atoms with Crippen LogP contribution in [-0.2, 0) is 0 Å². The summed E-state index contributed by atoms with van der Waals surface area (Å²) in [6, 6.07) is 7.72. The van der Waals surface area contributed by atoms with Crippen molar-refractivity contribution in [3.63, 3.8) is 0 Å². The molecule has 1 heterocycles. The summed E-state index contributed by atoms with van der Waals surface area (Å²) in [4.78, 5) is 22.9. The minimum atomic E-state index is -0.0834. The number of anilines is 2. The molecule has 24 heavy (non-hydrogen) atoms. The van der Waals surface area contributed by atoms with E-state index in [9.17, 15) is 4.79 Å². The fourth-order valence-corrected chi connectivity index (χ4v) is 2.89. The molecule has 0 bridgehead atoms. The molecule has 0 atom stereocenters. The van der Waals surface area contributed by atoms with Gasteiger partial charge in [-0.05, 0) is 53.9 Å². The van der Waals surface area contributed by atoms with Gasteiger partial charge in [0.2, 0.25) is 0 Å². The number of carbonyl (C=O) groups excluding carboxylic acids is 1. The van der Waals surface area contributed by atoms with Crippen LogP contribution in [0.4, 0.5) is 11.5 Å². The first kappa shape index (κ1) is 18.4. The summed E-state index contributed by atoms with van der Waals surface area (Å²) in [5, 5.41) is 3.25. The second-order valence-electron chi connectivity index (χ2n) is 5.87. The van der Waals surface area contributed by atoms with Gasteiger partial charge in [-0.3, -0.25) is 4.79 Å². The molecule has 1 aromatic carbocycles. The maximum Gasteiger partial charge on any atom is 0.272 e. The summed E-state index contributed by atoms with van der Waals surface area (Å²) in [5.41, 5.74) is 2.47. The number of benzene rings is 1. The number of carbonyl (C=O) groups is 1. The molecule has 1 aromatic heterocycles. The highest BCUT2D eigenvalue weighted by molar-refractivity contribution is 9.10. The van der Waals surface area contributed by atoms with E-state index in [1.807, 2.05) is 25.1 Å². The Morgan fingerprint density at radius 1 is 1.25 bits per heavy atom. The van der Waals surface area contributed by atoms with Gasteiger partial charge in [-0.1, -0.05) is 19.4 Å². The lowest BCUT2D eigenvalue weighted by molar-refractivity contribution is 0.0787. The summed E-state index contributed by atoms with van der Waals surface area (Å²) >= 11 is 3.54. The molecule has 0 saturated carbocycles. The van der Waals surface area contributed by atoms with Gasteiger partial charge >= 0.3 is 0 Å². The van der Waals surface area contributed by atoms with Gasteiger partial charge in [0.15, 0.2) is 0 Å². The molecule has 0 aliphatic heterocycles. The lowest BCUT2D eigenvalue weighted by atomic mass is 10.2. The Morgan fingerprint density at radius 2 is 2.00 bits per heavy atom. The van der Waals surface area contributed by atoms with Gasteiger partial charge in [0.05, 0.1) is 5.69 Å². The smallest absolute Gasteiger partial charge is 0.272 e. The average Bonchev–Trinajstić information content (AvgIpc) is 2.54. The number of hydrogen-bond donors (Lipinski definition) is 1. The molecule has 0 aliphatic carbocycles. The Morgan fingerprint density at radius 3 is 2.67 bits per heavy atom. The van der Waals surface area contributed by atoms with Crippen LogP contribution in [0.3, 0.4) is 0 Å². The molecule has 1 amide bonds. The van der Waals surface area contributed by atoms with Crippen LogP contribution in [0, 0.1) is 13.8 Å². The minimum absolute atomic E-state index is 0.0834. The second-order valence-corrected chi connectivity index (χ2v) is 6.73. The first-order valence-electron chi connectivity index (χ1n) is 8.05. The Balaban J connectivity index is 2.23. The van der Waals surface area contributed by atoms with Crippen molar-refractivity contribution in [3.05, 3.63) is 45.8 Å². The third-order valence-corrected chi connectivity index (χ3v) is 4.29.